The molecule has 1 aromatic carbocycles. The molecule has 5 heteroatoms. The van der Waals surface area contributed by atoms with Gasteiger partial charge in [0.2, 0.25) is 0 Å². The summed E-state index contributed by atoms with van der Waals surface area (Å²) in [5.41, 5.74) is 0. The Bertz CT molecular complexity index is 417. The van der Waals surface area contributed by atoms with Crippen LogP contribution in [-0.4, -0.2) is 38.4 Å². The molecule has 0 aliphatic carbocycles. The normalized spacial score (nSPS) is 12.0. The van der Waals surface area contributed by atoms with E-state index in [-0.39, 0.29) is 18.6 Å². The van der Waals surface area contributed by atoms with Gasteiger partial charge in [0.15, 0.2) is 0 Å². The molecule has 0 heterocycles. The molecule has 0 fully saturated rings. The fraction of sp³-hybridized carbons (Fsp3) is 0.562. The fourth-order valence-electron chi connectivity index (χ4n) is 1.76. The molecule has 0 aliphatic rings. The Morgan fingerprint density at radius 2 is 1.71 bits per heavy atom. The van der Waals surface area contributed by atoms with Crippen LogP contribution in [0.1, 0.15) is 27.2 Å². The number of benzene rings is 1. The zero-order valence-corrected chi connectivity index (χ0v) is 13.2. The Balaban J connectivity index is 2.52. The third kappa shape index (κ3) is 6.49. The van der Waals surface area contributed by atoms with E-state index < -0.39 is 6.04 Å². The SMILES string of the molecule is CCCOc1ccc(OCC(NC(C)C)C(=O)OC)cc1. The average molecular weight is 295 g/mol. The van der Waals surface area contributed by atoms with Crippen LogP contribution in [0.25, 0.3) is 0 Å². The molecule has 1 N–H and O–H groups in total. The standard InChI is InChI=1S/C16H25NO4/c1-5-10-20-13-6-8-14(9-7-13)21-11-15(16(18)19-4)17-12(2)3/h6-9,12,15,17H,5,10-11H2,1-4H3. The summed E-state index contributed by atoms with van der Waals surface area (Å²) in [6.07, 6.45) is 0.972. The second-order valence-electron chi connectivity index (χ2n) is 5.03. The summed E-state index contributed by atoms with van der Waals surface area (Å²) in [7, 11) is 1.37. The minimum Gasteiger partial charge on any atom is -0.494 e. The Kier molecular flexibility index (Phi) is 7.61. The van der Waals surface area contributed by atoms with E-state index in [2.05, 4.69) is 12.2 Å². The maximum atomic E-state index is 11.7. The van der Waals surface area contributed by atoms with E-state index in [9.17, 15) is 4.79 Å². The van der Waals surface area contributed by atoms with Crippen molar-refractivity contribution in [2.24, 2.45) is 0 Å². The van der Waals surface area contributed by atoms with Gasteiger partial charge in [0.05, 0.1) is 13.7 Å². The molecule has 118 valence electrons. The smallest absolute Gasteiger partial charge is 0.326 e. The molecular weight excluding hydrogens is 270 g/mol. The van der Waals surface area contributed by atoms with E-state index in [0.717, 1.165) is 12.2 Å². The first-order valence-corrected chi connectivity index (χ1v) is 7.26. The Hall–Kier alpha value is -1.75. The van der Waals surface area contributed by atoms with Gasteiger partial charge in [-0.15, -0.1) is 0 Å². The van der Waals surface area contributed by atoms with Gasteiger partial charge in [0, 0.05) is 6.04 Å². The minimum absolute atomic E-state index is 0.169. The molecule has 0 saturated heterocycles. The number of carbonyl (C=O) groups excluding carboxylic acids is 1. The second-order valence-corrected chi connectivity index (χ2v) is 5.03. The number of hydrogen-bond acceptors (Lipinski definition) is 5. The topological polar surface area (TPSA) is 56.8 Å². The molecule has 1 aromatic rings. The molecule has 0 saturated carbocycles. The van der Waals surface area contributed by atoms with Gasteiger partial charge >= 0.3 is 5.97 Å². The lowest BCUT2D eigenvalue weighted by Gasteiger charge is -2.19. The molecule has 0 radical (unpaired) electrons. The third-order valence-corrected chi connectivity index (χ3v) is 2.73. The van der Waals surface area contributed by atoms with Crippen molar-refractivity contribution in [2.45, 2.75) is 39.3 Å². The van der Waals surface area contributed by atoms with Gasteiger partial charge in [0.25, 0.3) is 0 Å². The summed E-state index contributed by atoms with van der Waals surface area (Å²) in [6, 6.07) is 7.05. The van der Waals surface area contributed by atoms with Crippen LogP contribution in [0.3, 0.4) is 0 Å². The summed E-state index contributed by atoms with van der Waals surface area (Å²) in [4.78, 5) is 11.7. The predicted octanol–water partition coefficient (Wildman–Crippen LogP) is 2.39. The van der Waals surface area contributed by atoms with Crippen molar-refractivity contribution in [3.05, 3.63) is 24.3 Å². The maximum absolute atomic E-state index is 11.7. The van der Waals surface area contributed by atoms with Crippen molar-refractivity contribution in [1.29, 1.82) is 0 Å². The van der Waals surface area contributed by atoms with Gasteiger partial charge < -0.3 is 14.2 Å². The van der Waals surface area contributed by atoms with Crippen LogP contribution >= 0.6 is 0 Å². The van der Waals surface area contributed by atoms with E-state index in [4.69, 9.17) is 14.2 Å². The highest BCUT2D eigenvalue weighted by atomic mass is 16.5. The highest BCUT2D eigenvalue weighted by molar-refractivity contribution is 5.75. The second kappa shape index (κ2) is 9.23. The number of ether oxygens (including phenoxy) is 3. The summed E-state index contributed by atoms with van der Waals surface area (Å²) >= 11 is 0. The predicted molar refractivity (Wildman–Crippen MR) is 81.8 cm³/mol. The van der Waals surface area contributed by atoms with Crippen LogP contribution < -0.4 is 14.8 Å². The highest BCUT2D eigenvalue weighted by Crippen LogP contribution is 2.18. The molecule has 1 unspecified atom stereocenters. The van der Waals surface area contributed by atoms with E-state index in [1.807, 2.05) is 38.1 Å². The van der Waals surface area contributed by atoms with Crippen LogP contribution in [0.4, 0.5) is 0 Å². The summed E-state index contributed by atoms with van der Waals surface area (Å²) < 4.78 is 15.9. The number of methoxy groups -OCH3 is 1. The molecule has 0 aliphatic heterocycles. The van der Waals surface area contributed by atoms with E-state index >= 15 is 0 Å². The molecule has 5 nitrogen and oxygen atoms in total. The van der Waals surface area contributed by atoms with Gasteiger partial charge in [-0.25, -0.2) is 0 Å². The van der Waals surface area contributed by atoms with Crippen LogP contribution in [0.5, 0.6) is 11.5 Å². The van der Waals surface area contributed by atoms with Crippen LogP contribution in [-0.2, 0) is 9.53 Å². The van der Waals surface area contributed by atoms with Crippen LogP contribution in [0.2, 0.25) is 0 Å². The van der Waals surface area contributed by atoms with E-state index in [1.54, 1.807) is 0 Å². The first-order valence-electron chi connectivity index (χ1n) is 7.26. The number of rotatable bonds is 9. The van der Waals surface area contributed by atoms with Crippen molar-refractivity contribution in [2.75, 3.05) is 20.3 Å². The van der Waals surface area contributed by atoms with Crippen LogP contribution in [0.15, 0.2) is 24.3 Å². The van der Waals surface area contributed by atoms with Crippen molar-refractivity contribution in [3.63, 3.8) is 0 Å². The van der Waals surface area contributed by atoms with Gasteiger partial charge in [0.1, 0.15) is 24.1 Å². The molecule has 0 spiro atoms. The third-order valence-electron chi connectivity index (χ3n) is 2.73. The van der Waals surface area contributed by atoms with E-state index in [0.29, 0.717) is 12.4 Å². The van der Waals surface area contributed by atoms with E-state index in [1.165, 1.54) is 7.11 Å². The summed E-state index contributed by atoms with van der Waals surface area (Å²) in [6.45, 7) is 6.92. The summed E-state index contributed by atoms with van der Waals surface area (Å²) in [5.74, 6) is 1.18. The zero-order valence-electron chi connectivity index (χ0n) is 13.2. The highest BCUT2D eigenvalue weighted by Gasteiger charge is 2.20. The molecule has 0 aromatic heterocycles. The van der Waals surface area contributed by atoms with Gasteiger partial charge in [-0.2, -0.15) is 0 Å². The summed E-state index contributed by atoms with van der Waals surface area (Å²) in [5, 5.41) is 3.12. The monoisotopic (exact) mass is 295 g/mol. The van der Waals surface area contributed by atoms with Crippen molar-refractivity contribution >= 4 is 5.97 Å². The molecule has 1 atom stereocenters. The molecule has 1 rings (SSSR count). The zero-order chi connectivity index (χ0) is 15.7. The fourth-order valence-corrected chi connectivity index (χ4v) is 1.76. The molecular formula is C16H25NO4. The number of nitrogens with one attached hydrogen (secondary N) is 1. The lowest BCUT2D eigenvalue weighted by molar-refractivity contribution is -0.144. The lowest BCUT2D eigenvalue weighted by atomic mass is 10.2. The first kappa shape index (κ1) is 17.3. The molecule has 0 amide bonds. The largest absolute Gasteiger partial charge is 0.494 e. The van der Waals surface area contributed by atoms with Gasteiger partial charge in [-0.1, -0.05) is 20.8 Å². The Labute approximate surface area is 126 Å². The minimum atomic E-state index is -0.481. The average Bonchev–Trinajstić information content (AvgIpc) is 2.49. The van der Waals surface area contributed by atoms with Crippen LogP contribution in [0, 0.1) is 0 Å². The lowest BCUT2D eigenvalue weighted by Crippen LogP contribution is -2.45. The molecule has 21 heavy (non-hydrogen) atoms. The number of carbonyl (C=O) groups is 1. The maximum Gasteiger partial charge on any atom is 0.326 e. The van der Waals surface area contributed by atoms with Gasteiger partial charge in [-0.05, 0) is 30.7 Å². The number of hydrogen-bond donors (Lipinski definition) is 1. The molecule has 0 bridgehead atoms. The quantitative estimate of drug-likeness (QED) is 0.709. The van der Waals surface area contributed by atoms with Crippen molar-refractivity contribution in [3.8, 4) is 11.5 Å². The van der Waals surface area contributed by atoms with Crippen molar-refractivity contribution < 1.29 is 19.0 Å². The Morgan fingerprint density at radius 1 is 1.14 bits per heavy atom. The Morgan fingerprint density at radius 3 is 2.19 bits per heavy atom. The van der Waals surface area contributed by atoms with Crippen molar-refractivity contribution in [1.82, 2.24) is 5.32 Å². The van der Waals surface area contributed by atoms with Gasteiger partial charge in [-0.3, -0.25) is 10.1 Å². The number of esters is 1. The first-order chi connectivity index (χ1) is 10.1.